The molecule has 4 fully saturated rings. The van der Waals surface area contributed by atoms with Gasteiger partial charge in [-0.05, 0) is 55.5 Å². The van der Waals surface area contributed by atoms with Crippen LogP contribution in [0.1, 0.15) is 79.7 Å². The second-order valence-electron chi connectivity index (χ2n) is 16.0. The van der Waals surface area contributed by atoms with Gasteiger partial charge < -0.3 is 23.4 Å². The van der Waals surface area contributed by atoms with Gasteiger partial charge in [0, 0.05) is 23.2 Å². The normalized spacial score (nSPS) is 39.2. The van der Waals surface area contributed by atoms with E-state index >= 15 is 0 Å². The lowest BCUT2D eigenvalue weighted by Crippen LogP contribution is -2.78. The standard InChI is InChI=1S/C35H50O6Si/c1-22-16-17-35-29(39-30(36)40-35)28-33(8,19-23(2)27(22)32(35,6)7)25(41-42(9,10)31(3,4)5)18-26-34(28,21-37-26)38-20-24-14-12-11-13-15-24/h11-15,25-26,28-29H,2,16-21H2,1,3-10H3/t25-,26+,28-,29-,33+,34-,35+/m0/s1. The molecule has 1 aromatic rings. The zero-order valence-electron chi connectivity index (χ0n) is 27.1. The van der Waals surface area contributed by atoms with Gasteiger partial charge in [0.2, 0.25) is 0 Å². The molecule has 2 heterocycles. The minimum Gasteiger partial charge on any atom is -0.426 e. The van der Waals surface area contributed by atoms with Crippen molar-refractivity contribution in [2.24, 2.45) is 16.7 Å². The number of rotatable bonds is 5. The van der Waals surface area contributed by atoms with Crippen LogP contribution in [0.4, 0.5) is 4.79 Å². The fraction of sp³-hybridized carbons (Fsp3) is 0.686. The van der Waals surface area contributed by atoms with Gasteiger partial charge in [-0.25, -0.2) is 4.79 Å². The van der Waals surface area contributed by atoms with Gasteiger partial charge in [-0.3, -0.25) is 0 Å². The second kappa shape index (κ2) is 9.53. The molecule has 7 heteroatoms. The monoisotopic (exact) mass is 594 g/mol. The van der Waals surface area contributed by atoms with E-state index in [1.807, 2.05) is 18.2 Å². The van der Waals surface area contributed by atoms with Crippen LogP contribution in [0.15, 0.2) is 53.6 Å². The summed E-state index contributed by atoms with van der Waals surface area (Å²) < 4.78 is 33.6. The fourth-order valence-corrected chi connectivity index (χ4v) is 10.4. The zero-order valence-corrected chi connectivity index (χ0v) is 28.1. The molecule has 0 unspecified atom stereocenters. The molecule has 6 rings (SSSR count). The molecule has 230 valence electrons. The number of ether oxygens (including phenoxy) is 4. The molecule has 7 atom stereocenters. The molecule has 2 bridgehead atoms. The fourth-order valence-electron chi connectivity index (χ4n) is 8.99. The second-order valence-corrected chi connectivity index (χ2v) is 20.7. The number of carbonyl (C=O) groups excluding carboxylic acids is 1. The maximum Gasteiger partial charge on any atom is 0.509 e. The Morgan fingerprint density at radius 1 is 1.12 bits per heavy atom. The van der Waals surface area contributed by atoms with Crippen molar-refractivity contribution in [3.05, 3.63) is 59.2 Å². The van der Waals surface area contributed by atoms with Crippen molar-refractivity contribution in [1.29, 1.82) is 0 Å². The van der Waals surface area contributed by atoms with Gasteiger partial charge in [-0.2, -0.15) is 0 Å². The third-order valence-electron chi connectivity index (χ3n) is 12.2. The molecule has 0 radical (unpaired) electrons. The quantitative estimate of drug-likeness (QED) is 0.253. The predicted octanol–water partition coefficient (Wildman–Crippen LogP) is 8.13. The maximum atomic E-state index is 13.3. The predicted molar refractivity (Wildman–Crippen MR) is 166 cm³/mol. The molecule has 2 saturated heterocycles. The Bertz CT molecular complexity index is 1310. The lowest BCUT2D eigenvalue weighted by molar-refractivity contribution is -0.354. The number of fused-ring (bicyclic) bond motifs is 5. The molecular weight excluding hydrogens is 544 g/mol. The molecule has 0 amide bonds. The topological polar surface area (TPSA) is 63.2 Å². The molecule has 0 aromatic heterocycles. The molecule has 3 aliphatic carbocycles. The smallest absolute Gasteiger partial charge is 0.426 e. The van der Waals surface area contributed by atoms with Crippen molar-refractivity contribution in [2.75, 3.05) is 6.61 Å². The lowest BCUT2D eigenvalue weighted by Gasteiger charge is -2.68. The SMILES string of the molecule is C=C1C[C@]2(C)[C@@H](O[Si](C)(C)C(C)(C)C)C[C@H]3OC[C@@]3(OCc3ccccc3)[C@H]2[C@@H]2OC(=O)O[C@]23CCC(C)=C1C3(C)C. The Labute approximate surface area is 253 Å². The van der Waals surface area contributed by atoms with E-state index in [0.29, 0.717) is 19.6 Å². The number of allylic oxidation sites excluding steroid dienone is 2. The first kappa shape index (κ1) is 30.1. The van der Waals surface area contributed by atoms with E-state index in [2.05, 4.69) is 73.7 Å². The molecule has 5 aliphatic rings. The molecule has 2 aliphatic heterocycles. The molecular formula is C35H50O6Si. The summed E-state index contributed by atoms with van der Waals surface area (Å²) in [6.45, 7) is 26.2. The highest BCUT2D eigenvalue weighted by Gasteiger charge is 2.77. The van der Waals surface area contributed by atoms with Crippen LogP contribution in [0.2, 0.25) is 18.1 Å². The van der Waals surface area contributed by atoms with Gasteiger partial charge in [0.25, 0.3) is 0 Å². The van der Waals surface area contributed by atoms with Crippen LogP contribution in [0.25, 0.3) is 0 Å². The Hall–Kier alpha value is -1.93. The molecule has 1 aromatic carbocycles. The van der Waals surface area contributed by atoms with E-state index in [0.717, 1.165) is 30.4 Å². The van der Waals surface area contributed by atoms with Gasteiger partial charge in [-0.15, -0.1) is 0 Å². The van der Waals surface area contributed by atoms with Crippen LogP contribution in [0.3, 0.4) is 0 Å². The van der Waals surface area contributed by atoms with E-state index in [4.69, 9.17) is 30.0 Å². The molecule has 2 saturated carbocycles. The van der Waals surface area contributed by atoms with Crippen LogP contribution < -0.4 is 0 Å². The van der Waals surface area contributed by atoms with Gasteiger partial charge in [0.1, 0.15) is 5.60 Å². The van der Waals surface area contributed by atoms with Crippen LogP contribution in [-0.4, -0.2) is 50.6 Å². The maximum absolute atomic E-state index is 13.3. The van der Waals surface area contributed by atoms with E-state index in [9.17, 15) is 4.79 Å². The van der Waals surface area contributed by atoms with E-state index < -0.39 is 42.6 Å². The number of hydrogen-bond donors (Lipinski definition) is 0. The Balaban J connectivity index is 1.54. The summed E-state index contributed by atoms with van der Waals surface area (Å²) in [4.78, 5) is 13.3. The summed E-state index contributed by atoms with van der Waals surface area (Å²) in [5.41, 5.74) is 2.40. The molecule has 0 N–H and O–H groups in total. The minimum atomic E-state index is -2.19. The summed E-state index contributed by atoms with van der Waals surface area (Å²) >= 11 is 0. The summed E-state index contributed by atoms with van der Waals surface area (Å²) in [6, 6.07) is 10.3. The van der Waals surface area contributed by atoms with Crippen molar-refractivity contribution in [1.82, 2.24) is 0 Å². The summed E-state index contributed by atoms with van der Waals surface area (Å²) in [5.74, 6) is -0.210. The largest absolute Gasteiger partial charge is 0.509 e. The van der Waals surface area contributed by atoms with Crippen molar-refractivity contribution in [3.63, 3.8) is 0 Å². The third-order valence-corrected chi connectivity index (χ3v) is 16.7. The number of benzene rings is 1. The number of hydrogen-bond acceptors (Lipinski definition) is 6. The first-order chi connectivity index (χ1) is 19.5. The molecule has 6 nitrogen and oxygen atoms in total. The highest BCUT2D eigenvalue weighted by atomic mass is 28.4. The first-order valence-corrected chi connectivity index (χ1v) is 18.6. The van der Waals surface area contributed by atoms with Crippen LogP contribution in [0.5, 0.6) is 0 Å². The summed E-state index contributed by atoms with van der Waals surface area (Å²) in [5, 5.41) is 0.0398. The highest BCUT2D eigenvalue weighted by Crippen LogP contribution is 2.68. The van der Waals surface area contributed by atoms with Crippen LogP contribution in [-0.2, 0) is 30.0 Å². The molecule has 42 heavy (non-hydrogen) atoms. The van der Waals surface area contributed by atoms with E-state index in [1.54, 1.807) is 0 Å². The van der Waals surface area contributed by atoms with Crippen molar-refractivity contribution < 1.29 is 28.2 Å². The average molecular weight is 595 g/mol. The van der Waals surface area contributed by atoms with Crippen molar-refractivity contribution >= 4 is 14.5 Å². The van der Waals surface area contributed by atoms with Gasteiger partial charge in [0.05, 0.1) is 25.4 Å². The Kier molecular flexibility index (Phi) is 6.83. The van der Waals surface area contributed by atoms with Gasteiger partial charge in [0.15, 0.2) is 20.0 Å². The zero-order chi connectivity index (χ0) is 30.5. The minimum absolute atomic E-state index is 0.0398. The van der Waals surface area contributed by atoms with Gasteiger partial charge in [-0.1, -0.05) is 89.6 Å². The van der Waals surface area contributed by atoms with Crippen LogP contribution >= 0.6 is 0 Å². The van der Waals surface area contributed by atoms with E-state index in [1.165, 1.54) is 11.1 Å². The first-order valence-electron chi connectivity index (χ1n) is 15.7. The third kappa shape index (κ3) is 4.09. The summed E-state index contributed by atoms with van der Waals surface area (Å²) in [7, 11) is -2.19. The summed E-state index contributed by atoms with van der Waals surface area (Å²) in [6.07, 6.45) is 1.66. The lowest BCUT2D eigenvalue weighted by atomic mass is 9.45. The van der Waals surface area contributed by atoms with Crippen molar-refractivity contribution in [3.8, 4) is 0 Å². The van der Waals surface area contributed by atoms with Crippen molar-refractivity contribution in [2.45, 2.75) is 128 Å². The Morgan fingerprint density at radius 3 is 2.43 bits per heavy atom. The average Bonchev–Trinajstić information content (AvgIpc) is 3.21. The van der Waals surface area contributed by atoms with Crippen LogP contribution in [0, 0.1) is 16.7 Å². The van der Waals surface area contributed by atoms with E-state index in [-0.39, 0.29) is 23.2 Å². The Morgan fingerprint density at radius 2 is 1.81 bits per heavy atom. The number of carbonyl (C=O) groups is 1. The van der Waals surface area contributed by atoms with Gasteiger partial charge >= 0.3 is 6.16 Å². The highest BCUT2D eigenvalue weighted by molar-refractivity contribution is 6.74. The molecule has 1 spiro atoms.